The first-order chi connectivity index (χ1) is 9.76. The molecule has 1 amide bonds. The molecule has 0 saturated heterocycles. The largest absolute Gasteiger partial charge is 0.383 e. The molecule has 0 spiro atoms. The third-order valence-electron chi connectivity index (χ3n) is 3.22. The van der Waals surface area contributed by atoms with E-state index in [1.807, 2.05) is 4.90 Å². The highest BCUT2D eigenvalue weighted by molar-refractivity contribution is 5.92. The zero-order valence-electron chi connectivity index (χ0n) is 12.1. The molecule has 0 unspecified atom stereocenters. The highest BCUT2D eigenvalue weighted by Gasteiger charge is 2.33. The van der Waals surface area contributed by atoms with Crippen LogP contribution in [-0.4, -0.2) is 53.9 Å². The van der Waals surface area contributed by atoms with Crippen LogP contribution in [0.5, 0.6) is 0 Å². The van der Waals surface area contributed by atoms with E-state index in [4.69, 9.17) is 4.74 Å². The number of carbonyl (C=O) groups is 1. The highest BCUT2D eigenvalue weighted by Crippen LogP contribution is 2.27. The molecule has 6 nitrogen and oxygen atoms in total. The van der Waals surface area contributed by atoms with Crippen LogP contribution in [0.3, 0.4) is 0 Å². The smallest absolute Gasteiger partial charge is 0.274 e. The first-order valence-electron chi connectivity index (χ1n) is 7.13. The van der Waals surface area contributed by atoms with Crippen LogP contribution in [0.1, 0.15) is 36.7 Å². The van der Waals surface area contributed by atoms with E-state index in [1.54, 1.807) is 19.2 Å². The zero-order chi connectivity index (χ0) is 14.4. The number of nitrogens with one attached hydrogen (secondary N) is 1. The molecule has 0 radical (unpaired) electrons. The Bertz CT molecular complexity index is 431. The maximum atomic E-state index is 12.4. The number of hydrogen-bond acceptors (Lipinski definition) is 5. The van der Waals surface area contributed by atoms with Gasteiger partial charge in [0, 0.05) is 26.2 Å². The lowest BCUT2D eigenvalue weighted by Crippen LogP contribution is -2.36. The van der Waals surface area contributed by atoms with Gasteiger partial charge in [-0.25, -0.2) is 0 Å². The van der Waals surface area contributed by atoms with Crippen LogP contribution < -0.4 is 5.32 Å². The molecule has 20 heavy (non-hydrogen) atoms. The summed E-state index contributed by atoms with van der Waals surface area (Å²) >= 11 is 0. The van der Waals surface area contributed by atoms with Crippen LogP contribution >= 0.6 is 0 Å². The lowest BCUT2D eigenvalue weighted by Gasteiger charge is -2.21. The van der Waals surface area contributed by atoms with Gasteiger partial charge in [0.2, 0.25) is 0 Å². The van der Waals surface area contributed by atoms with Crippen molar-refractivity contribution in [3.63, 3.8) is 0 Å². The van der Waals surface area contributed by atoms with Gasteiger partial charge in [-0.2, -0.15) is 0 Å². The molecule has 1 aliphatic carbocycles. The fourth-order valence-corrected chi connectivity index (χ4v) is 1.97. The lowest BCUT2D eigenvalue weighted by atomic mass is 10.3. The van der Waals surface area contributed by atoms with Crippen LogP contribution in [0, 0.1) is 0 Å². The van der Waals surface area contributed by atoms with Gasteiger partial charge in [-0.3, -0.25) is 4.79 Å². The standard InChI is InChI=1S/C14H22N4O2/c1-3-8-15-13-7-6-12(16-17-13)14(19)18(9-10-20-2)11-4-5-11/h6-7,11H,3-5,8-10H2,1-2H3,(H,15,17). The van der Waals surface area contributed by atoms with Gasteiger partial charge in [0.05, 0.1) is 6.61 Å². The van der Waals surface area contributed by atoms with Gasteiger partial charge in [0.15, 0.2) is 5.69 Å². The Morgan fingerprint density at radius 2 is 2.25 bits per heavy atom. The van der Waals surface area contributed by atoms with E-state index in [1.165, 1.54) is 0 Å². The Labute approximate surface area is 119 Å². The predicted molar refractivity (Wildman–Crippen MR) is 76.7 cm³/mol. The van der Waals surface area contributed by atoms with Crippen LogP contribution in [-0.2, 0) is 4.74 Å². The Morgan fingerprint density at radius 1 is 1.45 bits per heavy atom. The molecule has 0 bridgehead atoms. The topological polar surface area (TPSA) is 67.4 Å². The van der Waals surface area contributed by atoms with Gasteiger partial charge < -0.3 is 15.0 Å². The van der Waals surface area contributed by atoms with Crippen molar-refractivity contribution in [2.45, 2.75) is 32.2 Å². The summed E-state index contributed by atoms with van der Waals surface area (Å²) < 4.78 is 5.06. The van der Waals surface area contributed by atoms with Gasteiger partial charge in [-0.05, 0) is 31.4 Å². The SMILES string of the molecule is CCCNc1ccc(C(=O)N(CCOC)C2CC2)nn1. The van der Waals surface area contributed by atoms with E-state index >= 15 is 0 Å². The lowest BCUT2D eigenvalue weighted by molar-refractivity contribution is 0.0673. The predicted octanol–water partition coefficient (Wildman–Crippen LogP) is 1.55. The molecule has 1 saturated carbocycles. The number of nitrogens with zero attached hydrogens (tertiary/aromatic N) is 3. The minimum atomic E-state index is -0.0564. The summed E-state index contributed by atoms with van der Waals surface area (Å²) in [5, 5.41) is 11.2. The minimum Gasteiger partial charge on any atom is -0.383 e. The number of ether oxygens (including phenoxy) is 1. The first kappa shape index (κ1) is 14.7. The van der Waals surface area contributed by atoms with Crippen LogP contribution in [0.15, 0.2) is 12.1 Å². The van der Waals surface area contributed by atoms with Gasteiger partial charge in [0.1, 0.15) is 5.82 Å². The van der Waals surface area contributed by atoms with Crippen molar-refractivity contribution in [3.05, 3.63) is 17.8 Å². The molecule has 2 rings (SSSR count). The summed E-state index contributed by atoms with van der Waals surface area (Å²) in [6.45, 7) is 4.09. The average molecular weight is 278 g/mol. The zero-order valence-corrected chi connectivity index (χ0v) is 12.1. The summed E-state index contributed by atoms with van der Waals surface area (Å²) in [6, 6.07) is 3.88. The van der Waals surface area contributed by atoms with Crippen molar-refractivity contribution in [1.82, 2.24) is 15.1 Å². The van der Waals surface area contributed by atoms with E-state index in [2.05, 4.69) is 22.4 Å². The maximum Gasteiger partial charge on any atom is 0.274 e. The van der Waals surface area contributed by atoms with Gasteiger partial charge >= 0.3 is 0 Å². The number of rotatable bonds is 8. The molecule has 1 aromatic heterocycles. The summed E-state index contributed by atoms with van der Waals surface area (Å²) in [4.78, 5) is 14.2. The third kappa shape index (κ3) is 3.90. The molecule has 110 valence electrons. The van der Waals surface area contributed by atoms with E-state index in [-0.39, 0.29) is 5.91 Å². The molecule has 0 aromatic carbocycles. The maximum absolute atomic E-state index is 12.4. The number of amides is 1. The molecule has 1 fully saturated rings. The number of carbonyl (C=O) groups excluding carboxylic acids is 1. The molecule has 1 N–H and O–H groups in total. The number of aromatic nitrogens is 2. The van der Waals surface area contributed by atoms with E-state index in [9.17, 15) is 4.79 Å². The molecular formula is C14H22N4O2. The minimum absolute atomic E-state index is 0.0564. The molecule has 1 aromatic rings. The fraction of sp³-hybridized carbons (Fsp3) is 0.643. The molecule has 1 heterocycles. The Morgan fingerprint density at radius 3 is 2.80 bits per heavy atom. The number of methoxy groups -OCH3 is 1. The van der Waals surface area contributed by atoms with Gasteiger partial charge in [-0.15, -0.1) is 10.2 Å². The van der Waals surface area contributed by atoms with Crippen LogP contribution in [0.25, 0.3) is 0 Å². The van der Waals surface area contributed by atoms with Crippen LogP contribution in [0.4, 0.5) is 5.82 Å². The average Bonchev–Trinajstić information content (AvgIpc) is 3.30. The molecule has 1 aliphatic rings. The second-order valence-corrected chi connectivity index (χ2v) is 4.95. The van der Waals surface area contributed by atoms with E-state index < -0.39 is 0 Å². The normalized spacial score (nSPS) is 14.1. The molecule has 6 heteroatoms. The Kier molecular flexibility index (Phi) is 5.29. The highest BCUT2D eigenvalue weighted by atomic mass is 16.5. The van der Waals surface area contributed by atoms with Crippen molar-refractivity contribution < 1.29 is 9.53 Å². The van der Waals surface area contributed by atoms with Crippen molar-refractivity contribution >= 4 is 11.7 Å². The Hall–Kier alpha value is -1.69. The second-order valence-electron chi connectivity index (χ2n) is 4.95. The van der Waals surface area contributed by atoms with E-state index in [0.717, 1.165) is 25.8 Å². The molecular weight excluding hydrogens is 256 g/mol. The number of anilines is 1. The van der Waals surface area contributed by atoms with Crippen LogP contribution in [0.2, 0.25) is 0 Å². The third-order valence-corrected chi connectivity index (χ3v) is 3.22. The Balaban J connectivity index is 1.99. The van der Waals surface area contributed by atoms with E-state index in [0.29, 0.717) is 30.7 Å². The molecule has 0 aliphatic heterocycles. The summed E-state index contributed by atoms with van der Waals surface area (Å²) in [6.07, 6.45) is 3.16. The monoisotopic (exact) mass is 278 g/mol. The fourth-order valence-electron chi connectivity index (χ4n) is 1.97. The van der Waals surface area contributed by atoms with Crippen molar-refractivity contribution in [2.24, 2.45) is 0 Å². The van der Waals surface area contributed by atoms with Crippen molar-refractivity contribution in [2.75, 3.05) is 32.1 Å². The van der Waals surface area contributed by atoms with Gasteiger partial charge in [-0.1, -0.05) is 6.92 Å². The summed E-state index contributed by atoms with van der Waals surface area (Å²) in [5.74, 6) is 0.650. The summed E-state index contributed by atoms with van der Waals surface area (Å²) in [7, 11) is 1.64. The number of hydrogen-bond donors (Lipinski definition) is 1. The quantitative estimate of drug-likeness (QED) is 0.781. The molecule has 0 atom stereocenters. The second kappa shape index (κ2) is 7.19. The summed E-state index contributed by atoms with van der Waals surface area (Å²) in [5.41, 5.74) is 0.398. The van der Waals surface area contributed by atoms with Crippen molar-refractivity contribution in [1.29, 1.82) is 0 Å². The van der Waals surface area contributed by atoms with Gasteiger partial charge in [0.25, 0.3) is 5.91 Å². The van der Waals surface area contributed by atoms with Crippen molar-refractivity contribution in [3.8, 4) is 0 Å². The first-order valence-corrected chi connectivity index (χ1v) is 7.13.